The highest BCUT2D eigenvalue weighted by Gasteiger charge is 2.06. The monoisotopic (exact) mass is 388 g/mol. The number of amides is 1. The molecule has 120 valence electrons. The summed E-state index contributed by atoms with van der Waals surface area (Å²) >= 11 is 3.34. The first-order valence-corrected chi connectivity index (χ1v) is 7.52. The number of nitrogens with one attached hydrogen (secondary N) is 1. The fourth-order valence-corrected chi connectivity index (χ4v) is 2.29. The van der Waals surface area contributed by atoms with Crippen molar-refractivity contribution in [2.45, 2.75) is 19.4 Å². The molecule has 2 rings (SSSR count). The standard InChI is InChI=1S/C14H17BrN4O2.ClH/c15-10-2-3-12-11(8-10)14(21)19(9-18-12)7-4-13(20)17-6-1-5-16;/h2-3,8-9H,1,4-7,16H2,(H,17,20);1H. The van der Waals surface area contributed by atoms with Gasteiger partial charge < -0.3 is 11.1 Å². The van der Waals surface area contributed by atoms with Gasteiger partial charge in [-0.2, -0.15) is 0 Å². The van der Waals surface area contributed by atoms with E-state index in [9.17, 15) is 9.59 Å². The highest BCUT2D eigenvalue weighted by Crippen LogP contribution is 2.14. The van der Waals surface area contributed by atoms with E-state index in [0.29, 0.717) is 30.5 Å². The molecular weight excluding hydrogens is 372 g/mol. The van der Waals surface area contributed by atoms with Crippen LogP contribution in [0.25, 0.3) is 10.9 Å². The maximum atomic E-state index is 12.3. The van der Waals surface area contributed by atoms with Crippen LogP contribution in [0.4, 0.5) is 0 Å². The summed E-state index contributed by atoms with van der Waals surface area (Å²) in [6.45, 7) is 1.42. The van der Waals surface area contributed by atoms with Crippen LogP contribution in [0.3, 0.4) is 0 Å². The van der Waals surface area contributed by atoms with Crippen molar-refractivity contribution in [1.82, 2.24) is 14.9 Å². The van der Waals surface area contributed by atoms with Crippen molar-refractivity contribution in [1.29, 1.82) is 0 Å². The molecule has 0 radical (unpaired) electrons. The Bertz CT molecular complexity index is 705. The SMILES string of the molecule is Cl.NCCCNC(=O)CCn1cnc2ccc(Br)cc2c1=O. The number of benzene rings is 1. The number of hydrogen-bond donors (Lipinski definition) is 2. The van der Waals surface area contributed by atoms with Gasteiger partial charge in [0, 0.05) is 24.0 Å². The van der Waals surface area contributed by atoms with Gasteiger partial charge in [-0.1, -0.05) is 15.9 Å². The minimum atomic E-state index is -0.143. The molecule has 0 saturated heterocycles. The van der Waals surface area contributed by atoms with E-state index in [1.54, 1.807) is 12.1 Å². The Kier molecular flexibility index (Phi) is 7.50. The van der Waals surface area contributed by atoms with Gasteiger partial charge in [0.05, 0.1) is 17.2 Å². The molecule has 8 heteroatoms. The zero-order valence-corrected chi connectivity index (χ0v) is 14.3. The molecule has 0 bridgehead atoms. The van der Waals surface area contributed by atoms with E-state index >= 15 is 0 Å². The summed E-state index contributed by atoms with van der Waals surface area (Å²) in [7, 11) is 0. The van der Waals surface area contributed by atoms with Gasteiger partial charge in [0.1, 0.15) is 0 Å². The minimum absolute atomic E-state index is 0. The molecule has 0 aliphatic rings. The molecule has 1 aromatic heterocycles. The number of halogens is 2. The molecule has 22 heavy (non-hydrogen) atoms. The average molecular weight is 390 g/mol. The molecule has 1 heterocycles. The number of aryl methyl sites for hydroxylation is 1. The third-order valence-corrected chi connectivity index (χ3v) is 3.56. The number of carbonyl (C=O) groups is 1. The van der Waals surface area contributed by atoms with Crippen LogP contribution in [-0.4, -0.2) is 28.5 Å². The molecule has 3 N–H and O–H groups in total. The normalized spacial score (nSPS) is 10.3. The van der Waals surface area contributed by atoms with Gasteiger partial charge in [0.15, 0.2) is 0 Å². The molecule has 6 nitrogen and oxygen atoms in total. The van der Waals surface area contributed by atoms with E-state index in [1.165, 1.54) is 10.9 Å². The predicted octanol–water partition coefficient (Wildman–Crippen LogP) is 1.44. The van der Waals surface area contributed by atoms with Crippen molar-refractivity contribution in [3.8, 4) is 0 Å². The van der Waals surface area contributed by atoms with Gasteiger partial charge in [-0.05, 0) is 31.2 Å². The second kappa shape index (κ2) is 8.87. The highest BCUT2D eigenvalue weighted by atomic mass is 79.9. The third kappa shape index (κ3) is 4.79. The fourth-order valence-electron chi connectivity index (χ4n) is 1.93. The Morgan fingerprint density at radius 1 is 1.41 bits per heavy atom. The quantitative estimate of drug-likeness (QED) is 0.732. The maximum absolute atomic E-state index is 12.3. The van der Waals surface area contributed by atoms with Crippen molar-refractivity contribution in [3.05, 3.63) is 39.4 Å². The number of aromatic nitrogens is 2. The van der Waals surface area contributed by atoms with Crippen molar-refractivity contribution >= 4 is 45.1 Å². The largest absolute Gasteiger partial charge is 0.356 e. The zero-order valence-electron chi connectivity index (χ0n) is 11.9. The molecule has 1 amide bonds. The molecule has 2 aromatic rings. The van der Waals surface area contributed by atoms with E-state index in [4.69, 9.17) is 5.73 Å². The van der Waals surface area contributed by atoms with Crippen molar-refractivity contribution in [2.75, 3.05) is 13.1 Å². The highest BCUT2D eigenvalue weighted by molar-refractivity contribution is 9.10. The minimum Gasteiger partial charge on any atom is -0.356 e. The average Bonchev–Trinajstić information content (AvgIpc) is 2.47. The topological polar surface area (TPSA) is 90.0 Å². The van der Waals surface area contributed by atoms with Crippen LogP contribution in [0.1, 0.15) is 12.8 Å². The molecule has 0 unspecified atom stereocenters. The third-order valence-electron chi connectivity index (χ3n) is 3.07. The summed E-state index contributed by atoms with van der Waals surface area (Å²) in [5.74, 6) is -0.0929. The molecule has 0 aliphatic heterocycles. The molecule has 1 aromatic carbocycles. The van der Waals surface area contributed by atoms with E-state index in [0.717, 1.165) is 10.9 Å². The fraction of sp³-hybridized carbons (Fsp3) is 0.357. The molecule has 0 atom stereocenters. The van der Waals surface area contributed by atoms with E-state index < -0.39 is 0 Å². The first-order valence-electron chi connectivity index (χ1n) is 6.73. The van der Waals surface area contributed by atoms with Crippen LogP contribution in [0.2, 0.25) is 0 Å². The summed E-state index contributed by atoms with van der Waals surface area (Å²) in [6.07, 6.45) is 2.47. The summed E-state index contributed by atoms with van der Waals surface area (Å²) in [4.78, 5) is 28.2. The number of fused-ring (bicyclic) bond motifs is 1. The van der Waals surface area contributed by atoms with E-state index in [1.807, 2.05) is 6.07 Å². The Morgan fingerprint density at radius 3 is 2.91 bits per heavy atom. The van der Waals surface area contributed by atoms with Crippen LogP contribution in [-0.2, 0) is 11.3 Å². The van der Waals surface area contributed by atoms with Gasteiger partial charge in [-0.15, -0.1) is 12.4 Å². The lowest BCUT2D eigenvalue weighted by molar-refractivity contribution is -0.121. The summed E-state index contributed by atoms with van der Waals surface area (Å²) in [5.41, 5.74) is 5.86. The lowest BCUT2D eigenvalue weighted by Crippen LogP contribution is -2.29. The second-order valence-corrected chi connectivity index (χ2v) is 5.56. The molecule has 0 saturated carbocycles. The Labute approximate surface area is 142 Å². The van der Waals surface area contributed by atoms with Crippen LogP contribution in [0.15, 0.2) is 33.8 Å². The first-order chi connectivity index (χ1) is 10.1. The number of carbonyl (C=O) groups excluding carboxylic acids is 1. The van der Waals surface area contributed by atoms with E-state index in [-0.39, 0.29) is 30.3 Å². The van der Waals surface area contributed by atoms with Crippen LogP contribution >= 0.6 is 28.3 Å². The molecule has 0 aliphatic carbocycles. The van der Waals surface area contributed by atoms with Gasteiger partial charge >= 0.3 is 0 Å². The van der Waals surface area contributed by atoms with E-state index in [2.05, 4.69) is 26.2 Å². The van der Waals surface area contributed by atoms with Crippen molar-refractivity contribution < 1.29 is 4.79 Å². The van der Waals surface area contributed by atoms with Gasteiger partial charge in [0.2, 0.25) is 5.91 Å². The summed E-state index contributed by atoms with van der Waals surface area (Å²) < 4.78 is 2.28. The van der Waals surface area contributed by atoms with Crippen molar-refractivity contribution in [3.63, 3.8) is 0 Å². The Balaban J connectivity index is 0.00000242. The van der Waals surface area contributed by atoms with Crippen LogP contribution < -0.4 is 16.6 Å². The van der Waals surface area contributed by atoms with Gasteiger partial charge in [-0.25, -0.2) is 4.98 Å². The maximum Gasteiger partial charge on any atom is 0.261 e. The number of nitrogens with two attached hydrogens (primary N) is 1. The van der Waals surface area contributed by atoms with Gasteiger partial charge in [-0.3, -0.25) is 14.2 Å². The van der Waals surface area contributed by atoms with Crippen LogP contribution in [0.5, 0.6) is 0 Å². The molecular formula is C14H18BrClN4O2. The zero-order chi connectivity index (χ0) is 15.2. The van der Waals surface area contributed by atoms with Crippen LogP contribution in [0, 0.1) is 0 Å². The predicted molar refractivity (Wildman–Crippen MR) is 92.2 cm³/mol. The second-order valence-electron chi connectivity index (χ2n) is 4.65. The summed E-state index contributed by atoms with van der Waals surface area (Å²) in [6, 6.07) is 5.36. The lowest BCUT2D eigenvalue weighted by Gasteiger charge is -2.07. The Morgan fingerprint density at radius 2 is 2.18 bits per heavy atom. The number of nitrogens with zero attached hydrogens (tertiary/aromatic N) is 2. The number of rotatable bonds is 6. The first kappa shape index (κ1) is 18.6. The smallest absolute Gasteiger partial charge is 0.261 e. The Hall–Kier alpha value is -1.44. The number of hydrogen-bond acceptors (Lipinski definition) is 4. The molecule has 0 spiro atoms. The summed E-state index contributed by atoms with van der Waals surface area (Å²) in [5, 5.41) is 3.29. The lowest BCUT2D eigenvalue weighted by atomic mass is 10.2. The van der Waals surface area contributed by atoms with Crippen molar-refractivity contribution in [2.24, 2.45) is 5.73 Å². The van der Waals surface area contributed by atoms with Gasteiger partial charge in [0.25, 0.3) is 5.56 Å². The molecule has 0 fully saturated rings.